The Morgan fingerprint density at radius 2 is 2.10 bits per heavy atom. The SMILES string of the molecule is Cc1sc(-c2ncn3c2[C@@H]2CCCN2C(=O)c2c(Cl)cccc2-3)nc1N(C)C.Cl. The first kappa shape index (κ1) is 20.2. The van der Waals surface area contributed by atoms with E-state index in [1.165, 1.54) is 0 Å². The molecule has 2 aliphatic heterocycles. The van der Waals surface area contributed by atoms with Gasteiger partial charge in [0.15, 0.2) is 0 Å². The highest BCUT2D eigenvalue weighted by Gasteiger charge is 2.40. The summed E-state index contributed by atoms with van der Waals surface area (Å²) < 4.78 is 2.04. The largest absolute Gasteiger partial charge is 0.362 e. The van der Waals surface area contributed by atoms with Gasteiger partial charge < -0.3 is 9.80 Å². The number of aromatic nitrogens is 3. The molecule has 29 heavy (non-hydrogen) atoms. The van der Waals surface area contributed by atoms with Crippen molar-refractivity contribution in [1.82, 2.24) is 19.4 Å². The van der Waals surface area contributed by atoms with E-state index in [0.717, 1.165) is 52.2 Å². The average molecular weight is 450 g/mol. The van der Waals surface area contributed by atoms with Crippen LogP contribution in [0.5, 0.6) is 0 Å². The second-order valence-electron chi connectivity index (χ2n) is 7.43. The Hall–Kier alpha value is -2.09. The summed E-state index contributed by atoms with van der Waals surface area (Å²) in [5.41, 5.74) is 3.24. The first-order valence-electron chi connectivity index (χ1n) is 9.29. The summed E-state index contributed by atoms with van der Waals surface area (Å²) in [6.45, 7) is 2.81. The molecular formula is C20H21Cl2N5OS. The summed E-state index contributed by atoms with van der Waals surface area (Å²) in [4.78, 5) is 28.0. The fourth-order valence-electron chi connectivity index (χ4n) is 4.30. The van der Waals surface area contributed by atoms with Crippen molar-refractivity contribution in [3.8, 4) is 16.4 Å². The Bertz CT molecular complexity index is 1110. The molecule has 2 aliphatic rings. The van der Waals surface area contributed by atoms with Crippen LogP contribution in [-0.4, -0.2) is 46.0 Å². The molecule has 9 heteroatoms. The number of fused-ring (bicyclic) bond motifs is 5. The molecule has 0 N–H and O–H groups in total. The first-order chi connectivity index (χ1) is 13.5. The zero-order valence-electron chi connectivity index (χ0n) is 16.3. The zero-order valence-corrected chi connectivity index (χ0v) is 18.7. The van der Waals surface area contributed by atoms with E-state index in [9.17, 15) is 4.79 Å². The van der Waals surface area contributed by atoms with Crippen LogP contribution >= 0.6 is 35.3 Å². The van der Waals surface area contributed by atoms with Crippen LogP contribution in [0.1, 0.15) is 39.8 Å². The van der Waals surface area contributed by atoms with Gasteiger partial charge in [0.05, 0.1) is 28.0 Å². The minimum Gasteiger partial charge on any atom is -0.362 e. The normalized spacial score (nSPS) is 17.3. The van der Waals surface area contributed by atoms with Crippen LogP contribution in [0, 0.1) is 6.92 Å². The molecule has 1 aromatic carbocycles. The van der Waals surface area contributed by atoms with Gasteiger partial charge >= 0.3 is 0 Å². The molecule has 152 valence electrons. The van der Waals surface area contributed by atoms with Crippen molar-refractivity contribution in [2.75, 3.05) is 25.5 Å². The lowest BCUT2D eigenvalue weighted by Gasteiger charge is -2.23. The van der Waals surface area contributed by atoms with Crippen molar-refractivity contribution in [3.63, 3.8) is 0 Å². The summed E-state index contributed by atoms with van der Waals surface area (Å²) in [5, 5.41) is 1.37. The maximum atomic E-state index is 13.3. The third-order valence-electron chi connectivity index (χ3n) is 5.50. The van der Waals surface area contributed by atoms with E-state index >= 15 is 0 Å². The van der Waals surface area contributed by atoms with E-state index < -0.39 is 0 Å². The van der Waals surface area contributed by atoms with Crippen LogP contribution in [0.4, 0.5) is 5.82 Å². The lowest BCUT2D eigenvalue weighted by molar-refractivity contribution is 0.0739. The van der Waals surface area contributed by atoms with E-state index in [1.807, 2.05) is 40.6 Å². The second-order valence-corrected chi connectivity index (χ2v) is 9.04. The summed E-state index contributed by atoms with van der Waals surface area (Å²) in [6.07, 6.45) is 3.70. The van der Waals surface area contributed by atoms with Crippen molar-refractivity contribution in [1.29, 1.82) is 0 Å². The molecule has 0 bridgehead atoms. The number of carbonyl (C=O) groups is 1. The van der Waals surface area contributed by atoms with Crippen LogP contribution < -0.4 is 4.90 Å². The quantitative estimate of drug-likeness (QED) is 0.566. The summed E-state index contributed by atoms with van der Waals surface area (Å²) in [5.74, 6) is 0.959. The number of nitrogens with zero attached hydrogens (tertiary/aromatic N) is 5. The Labute approximate surface area is 184 Å². The standard InChI is InChI=1S/C20H20ClN5OS.ClH/c1-11-18(24(2)3)23-19(28-11)16-17-14-8-5-9-25(14)20(27)15-12(21)6-4-7-13(15)26(17)10-22-16;/h4,6-7,10,14H,5,8-9H2,1-3H3;1H/t14-;/m0./s1. The van der Waals surface area contributed by atoms with Gasteiger partial charge in [-0.2, -0.15) is 0 Å². The zero-order chi connectivity index (χ0) is 19.6. The molecule has 6 nitrogen and oxygen atoms in total. The third-order valence-corrected chi connectivity index (χ3v) is 6.78. The predicted molar refractivity (Wildman–Crippen MR) is 119 cm³/mol. The highest BCUT2D eigenvalue weighted by molar-refractivity contribution is 7.15. The molecule has 0 unspecified atom stereocenters. The number of aryl methyl sites for hydroxylation is 1. The first-order valence-corrected chi connectivity index (χ1v) is 10.5. The van der Waals surface area contributed by atoms with Gasteiger partial charge in [-0.3, -0.25) is 9.36 Å². The number of imidazole rings is 1. The monoisotopic (exact) mass is 449 g/mol. The minimum absolute atomic E-state index is 0. The molecule has 0 aliphatic carbocycles. The van der Waals surface area contributed by atoms with Gasteiger partial charge in [-0.25, -0.2) is 9.97 Å². The Balaban J connectivity index is 0.00000205. The average Bonchev–Trinajstić information content (AvgIpc) is 3.36. The van der Waals surface area contributed by atoms with Crippen LogP contribution in [0.3, 0.4) is 0 Å². The lowest BCUT2D eigenvalue weighted by Crippen LogP contribution is -2.29. The summed E-state index contributed by atoms with van der Waals surface area (Å²) >= 11 is 8.09. The number of rotatable bonds is 2. The third kappa shape index (κ3) is 2.95. The van der Waals surface area contributed by atoms with Crippen molar-refractivity contribution in [2.24, 2.45) is 0 Å². The summed E-state index contributed by atoms with van der Waals surface area (Å²) in [6, 6.07) is 5.58. The molecule has 1 fully saturated rings. The molecule has 0 spiro atoms. The van der Waals surface area contributed by atoms with Gasteiger partial charge in [-0.1, -0.05) is 17.7 Å². The van der Waals surface area contributed by atoms with E-state index in [1.54, 1.807) is 23.7 Å². The molecular weight excluding hydrogens is 429 g/mol. The predicted octanol–water partition coefficient (Wildman–Crippen LogP) is 4.74. The molecule has 0 saturated carbocycles. The molecule has 2 aromatic heterocycles. The molecule has 1 saturated heterocycles. The number of benzene rings is 1. The molecule has 5 rings (SSSR count). The molecule has 4 heterocycles. The number of anilines is 1. The molecule has 1 amide bonds. The molecule has 3 aromatic rings. The maximum absolute atomic E-state index is 13.3. The van der Waals surface area contributed by atoms with Gasteiger partial charge in [-0.15, -0.1) is 23.7 Å². The highest BCUT2D eigenvalue weighted by atomic mass is 35.5. The second kappa shape index (κ2) is 7.31. The number of amides is 1. The number of halogens is 2. The van der Waals surface area contributed by atoms with Gasteiger partial charge in [0.1, 0.15) is 22.8 Å². The van der Waals surface area contributed by atoms with Crippen LogP contribution in [0.2, 0.25) is 5.02 Å². The van der Waals surface area contributed by atoms with E-state index in [0.29, 0.717) is 10.6 Å². The number of carbonyl (C=O) groups excluding carboxylic acids is 1. The van der Waals surface area contributed by atoms with E-state index in [-0.39, 0.29) is 24.4 Å². The number of hydrogen-bond acceptors (Lipinski definition) is 5. The molecule has 1 atom stereocenters. The topological polar surface area (TPSA) is 54.3 Å². The van der Waals surface area contributed by atoms with Gasteiger partial charge in [0.25, 0.3) is 5.91 Å². The van der Waals surface area contributed by atoms with Crippen molar-refractivity contribution >= 4 is 47.1 Å². The Kier molecular flexibility index (Phi) is 5.09. The van der Waals surface area contributed by atoms with E-state index in [2.05, 4.69) is 6.92 Å². The smallest absolute Gasteiger partial charge is 0.258 e. The summed E-state index contributed by atoms with van der Waals surface area (Å²) in [7, 11) is 3.99. The van der Waals surface area contributed by atoms with Crippen molar-refractivity contribution < 1.29 is 4.79 Å². The number of hydrogen-bond donors (Lipinski definition) is 0. The highest BCUT2D eigenvalue weighted by Crippen LogP contribution is 2.44. The Morgan fingerprint density at radius 1 is 1.31 bits per heavy atom. The fraction of sp³-hybridized carbons (Fsp3) is 0.350. The van der Waals surface area contributed by atoms with Crippen LogP contribution in [0.15, 0.2) is 24.5 Å². The van der Waals surface area contributed by atoms with Crippen molar-refractivity contribution in [2.45, 2.75) is 25.8 Å². The fourth-order valence-corrected chi connectivity index (χ4v) is 5.55. The van der Waals surface area contributed by atoms with E-state index in [4.69, 9.17) is 21.6 Å². The lowest BCUT2D eigenvalue weighted by atomic mass is 10.1. The van der Waals surface area contributed by atoms with Gasteiger partial charge in [0.2, 0.25) is 0 Å². The van der Waals surface area contributed by atoms with Crippen molar-refractivity contribution in [3.05, 3.63) is 45.7 Å². The molecule has 0 radical (unpaired) electrons. The van der Waals surface area contributed by atoms with Crippen LogP contribution in [0.25, 0.3) is 16.4 Å². The Morgan fingerprint density at radius 3 is 2.83 bits per heavy atom. The van der Waals surface area contributed by atoms with Crippen LogP contribution in [-0.2, 0) is 0 Å². The van der Waals surface area contributed by atoms with Gasteiger partial charge in [0, 0.05) is 25.5 Å². The van der Waals surface area contributed by atoms with Gasteiger partial charge in [-0.05, 0) is 31.9 Å². The number of thiazole rings is 1. The maximum Gasteiger partial charge on any atom is 0.258 e. The minimum atomic E-state index is -0.0134.